The fourth-order valence-electron chi connectivity index (χ4n) is 5.36. The van der Waals surface area contributed by atoms with Crippen LogP contribution in [0, 0.1) is 0 Å². The number of hydrogen-bond donors (Lipinski definition) is 2. The predicted molar refractivity (Wildman–Crippen MR) is 170 cm³/mol. The van der Waals surface area contributed by atoms with Crippen molar-refractivity contribution in [2.24, 2.45) is 0 Å². The third kappa shape index (κ3) is 5.55. The van der Waals surface area contributed by atoms with E-state index < -0.39 is 9.84 Å². The largest absolute Gasteiger partial charge is 0.289 e. The zero-order valence-electron chi connectivity index (χ0n) is 24.1. The van der Waals surface area contributed by atoms with E-state index in [-0.39, 0.29) is 26.6 Å². The summed E-state index contributed by atoms with van der Waals surface area (Å²) in [6.07, 6.45) is 3.30. The second-order valence-electron chi connectivity index (χ2n) is 9.93. The number of fused-ring (bicyclic) bond motifs is 4. The molecule has 0 atom stereocenters. The lowest BCUT2D eigenvalue weighted by Crippen LogP contribution is -2.22. The lowest BCUT2D eigenvalue weighted by molar-refractivity contribution is -0.176. The summed E-state index contributed by atoms with van der Waals surface area (Å²) in [4.78, 5) is 25.6. The number of carbonyl (C=O) groups excluding carboxylic acids is 1. The molecule has 0 spiro atoms. The molecule has 0 aliphatic carbocycles. The van der Waals surface area contributed by atoms with Gasteiger partial charge < -0.3 is 0 Å². The summed E-state index contributed by atoms with van der Waals surface area (Å²) >= 11 is 1.74. The highest BCUT2D eigenvalue weighted by atomic mass is 32.2. The molecule has 1 aliphatic rings. The van der Waals surface area contributed by atoms with E-state index in [9.17, 15) is 18.0 Å². The molecule has 8 heteroatoms. The van der Waals surface area contributed by atoms with E-state index in [2.05, 4.69) is 26.0 Å². The molecule has 5 aromatic rings. The Morgan fingerprint density at radius 1 is 0.667 bits per heavy atom. The van der Waals surface area contributed by atoms with Gasteiger partial charge >= 0.3 is 0 Å². The Balaban J connectivity index is 0.000000183. The van der Waals surface area contributed by atoms with Gasteiger partial charge in [0.05, 0.1) is 9.79 Å². The van der Waals surface area contributed by atoms with Crippen LogP contribution in [0.15, 0.2) is 87.4 Å². The minimum atomic E-state index is -3.62. The molecule has 218 valence electrons. The normalized spacial score (nSPS) is 13.0. The number of hydrogen-bond acceptors (Lipinski definition) is 7. The maximum Gasteiger partial charge on any atom is 0.208 e. The van der Waals surface area contributed by atoms with Crippen LogP contribution in [0.2, 0.25) is 0 Å². The van der Waals surface area contributed by atoms with Crippen LogP contribution in [-0.2, 0) is 35.5 Å². The highest BCUT2D eigenvalue weighted by Gasteiger charge is 2.36. The number of carbonyl (C=O) groups is 1. The SMILES string of the molecule is CCc1cc(CC)c2c(c1)C(=O)c1ccccc1S2(=O)=O.CCc1cc(CC)c2sc3ccccc3c(=O)c2c1.OO. The Bertz CT molecular complexity index is 1960. The zero-order chi connectivity index (χ0) is 30.6. The molecule has 0 radical (unpaired) electrons. The molecule has 42 heavy (non-hydrogen) atoms. The van der Waals surface area contributed by atoms with E-state index in [0.29, 0.717) is 12.0 Å². The Labute approximate surface area is 249 Å². The second kappa shape index (κ2) is 13.1. The van der Waals surface area contributed by atoms with Gasteiger partial charge in [-0.25, -0.2) is 8.42 Å². The number of benzene rings is 4. The highest BCUT2D eigenvalue weighted by Crippen LogP contribution is 2.37. The molecule has 0 amide bonds. The molecule has 6 nitrogen and oxygen atoms in total. The Hall–Kier alpha value is -3.69. The maximum atomic E-state index is 12.9. The van der Waals surface area contributed by atoms with Crippen molar-refractivity contribution in [2.45, 2.75) is 63.2 Å². The third-order valence-electron chi connectivity index (χ3n) is 7.55. The molecule has 0 saturated carbocycles. The first kappa shape index (κ1) is 31.3. The van der Waals surface area contributed by atoms with E-state index in [0.717, 1.165) is 50.6 Å². The fourth-order valence-corrected chi connectivity index (χ4v) is 8.51. The topological polar surface area (TPSA) is 109 Å². The van der Waals surface area contributed by atoms with Crippen LogP contribution in [-0.4, -0.2) is 24.7 Å². The summed E-state index contributed by atoms with van der Waals surface area (Å²) in [5, 5.41) is 13.7. The first-order valence-electron chi connectivity index (χ1n) is 14.0. The van der Waals surface area contributed by atoms with E-state index in [1.165, 1.54) is 17.2 Å². The van der Waals surface area contributed by atoms with Gasteiger partial charge in [-0.05, 0) is 84.3 Å². The van der Waals surface area contributed by atoms with Gasteiger partial charge in [0, 0.05) is 31.3 Å². The third-order valence-corrected chi connectivity index (χ3v) is 10.8. The van der Waals surface area contributed by atoms with Gasteiger partial charge in [-0.2, -0.15) is 0 Å². The Morgan fingerprint density at radius 3 is 1.93 bits per heavy atom. The van der Waals surface area contributed by atoms with E-state index in [1.54, 1.807) is 35.6 Å². The first-order valence-corrected chi connectivity index (χ1v) is 16.3. The van der Waals surface area contributed by atoms with Crippen molar-refractivity contribution in [1.82, 2.24) is 0 Å². The molecule has 0 saturated heterocycles. The number of rotatable bonds is 4. The Morgan fingerprint density at radius 2 is 1.26 bits per heavy atom. The highest BCUT2D eigenvalue weighted by molar-refractivity contribution is 7.91. The average Bonchev–Trinajstić information content (AvgIpc) is 3.04. The standard InChI is InChI=1S/C17H16O3S.C17H16OS.H2O2/c1-3-11-9-12(4-2)17-14(10-11)16(18)13-7-5-6-8-15(13)21(17,19)20;1-3-11-9-12(4-2)17-14(10-11)16(18)13-7-5-6-8-15(13)19-17;1-2/h5-10H,3-4H2,1-2H3;5-10H,3-4H2,1-2H3;1-2H. The predicted octanol–water partition coefficient (Wildman–Crippen LogP) is 7.75. The summed E-state index contributed by atoms with van der Waals surface area (Å²) in [5.41, 5.74) is 5.05. The van der Waals surface area contributed by atoms with Gasteiger partial charge in [0.1, 0.15) is 0 Å². The minimum Gasteiger partial charge on any atom is -0.289 e. The van der Waals surface area contributed by atoms with Crippen LogP contribution in [0.5, 0.6) is 0 Å². The summed E-state index contributed by atoms with van der Waals surface area (Å²) < 4.78 is 28.0. The fraction of sp³-hybridized carbons (Fsp3) is 0.235. The molecule has 1 aromatic heterocycles. The number of sulfone groups is 1. The van der Waals surface area contributed by atoms with Crippen molar-refractivity contribution in [1.29, 1.82) is 0 Å². The first-order chi connectivity index (χ1) is 20.2. The van der Waals surface area contributed by atoms with Crippen LogP contribution in [0.3, 0.4) is 0 Å². The Kier molecular flexibility index (Phi) is 9.74. The number of aryl methyl sites for hydroxylation is 4. The van der Waals surface area contributed by atoms with Crippen molar-refractivity contribution < 1.29 is 23.7 Å². The molecule has 0 bridgehead atoms. The molecule has 6 rings (SSSR count). The summed E-state index contributed by atoms with van der Waals surface area (Å²) in [6.45, 7) is 8.20. The van der Waals surface area contributed by atoms with E-state index >= 15 is 0 Å². The van der Waals surface area contributed by atoms with Crippen LogP contribution in [0.25, 0.3) is 20.2 Å². The van der Waals surface area contributed by atoms with E-state index in [1.807, 2.05) is 44.2 Å². The van der Waals surface area contributed by atoms with Gasteiger partial charge in [0.15, 0.2) is 11.2 Å². The lowest BCUT2D eigenvalue weighted by atomic mass is 9.96. The lowest BCUT2D eigenvalue weighted by Gasteiger charge is -2.22. The molecular formula is C34H34O6S2. The van der Waals surface area contributed by atoms with Crippen LogP contribution in [0.1, 0.15) is 65.9 Å². The quantitative estimate of drug-likeness (QED) is 0.121. The van der Waals surface area contributed by atoms with Crippen molar-refractivity contribution in [3.05, 3.63) is 116 Å². The smallest absolute Gasteiger partial charge is 0.208 e. The summed E-state index contributed by atoms with van der Waals surface area (Å²) in [6, 6.07) is 22.3. The molecule has 2 N–H and O–H groups in total. The van der Waals surface area contributed by atoms with Gasteiger partial charge in [-0.15, -0.1) is 11.3 Å². The van der Waals surface area contributed by atoms with Crippen LogP contribution in [0.4, 0.5) is 0 Å². The van der Waals surface area contributed by atoms with Gasteiger partial charge in [-0.3, -0.25) is 20.1 Å². The monoisotopic (exact) mass is 602 g/mol. The summed E-state index contributed by atoms with van der Waals surface area (Å²) in [5.74, 6) is -0.194. The van der Waals surface area contributed by atoms with Crippen molar-refractivity contribution >= 4 is 47.1 Å². The van der Waals surface area contributed by atoms with Crippen LogP contribution >= 0.6 is 11.3 Å². The second-order valence-corrected chi connectivity index (χ2v) is 12.8. The molecule has 4 aromatic carbocycles. The minimum absolute atomic E-state index is 0.126. The van der Waals surface area contributed by atoms with Gasteiger partial charge in [-0.1, -0.05) is 64.1 Å². The molecule has 1 aliphatic heterocycles. The molecular weight excluding hydrogens is 569 g/mol. The van der Waals surface area contributed by atoms with E-state index in [4.69, 9.17) is 10.5 Å². The van der Waals surface area contributed by atoms with Crippen LogP contribution < -0.4 is 5.43 Å². The van der Waals surface area contributed by atoms with Crippen molar-refractivity contribution in [3.8, 4) is 0 Å². The molecule has 0 fully saturated rings. The zero-order valence-corrected chi connectivity index (χ0v) is 25.7. The van der Waals surface area contributed by atoms with Gasteiger partial charge in [0.25, 0.3) is 0 Å². The van der Waals surface area contributed by atoms with Crippen molar-refractivity contribution in [3.63, 3.8) is 0 Å². The summed E-state index contributed by atoms with van der Waals surface area (Å²) in [7, 11) is -3.62. The van der Waals surface area contributed by atoms with Gasteiger partial charge in [0.2, 0.25) is 9.84 Å². The van der Waals surface area contributed by atoms with Crippen molar-refractivity contribution in [2.75, 3.05) is 0 Å². The molecule has 0 unspecified atom stereocenters. The number of ketones is 1. The molecule has 2 heterocycles. The average molecular weight is 603 g/mol. The maximum absolute atomic E-state index is 12.9.